The quantitative estimate of drug-likeness (QED) is 0.678. The van der Waals surface area contributed by atoms with Gasteiger partial charge in [0.1, 0.15) is 5.75 Å². The average molecular weight is 166 g/mol. The molecule has 0 radical (unpaired) electrons. The Morgan fingerprint density at radius 1 is 1.17 bits per heavy atom. The second-order valence-electron chi connectivity index (χ2n) is 2.73. The lowest BCUT2D eigenvalue weighted by atomic mass is 10.2. The predicted octanol–water partition coefficient (Wildman–Crippen LogP) is 3.37. The Morgan fingerprint density at radius 2 is 1.75 bits per heavy atom. The first kappa shape index (κ1) is 11.0. The molecule has 0 spiro atoms. The summed E-state index contributed by atoms with van der Waals surface area (Å²) in [6.07, 6.45) is 2.23. The van der Waals surface area contributed by atoms with E-state index in [0.717, 1.165) is 6.42 Å². The van der Waals surface area contributed by atoms with Crippen LogP contribution in [0.2, 0.25) is 0 Å². The number of aryl methyl sites for hydroxylation is 1. The predicted molar refractivity (Wildman–Crippen MR) is 53.4 cm³/mol. The molecule has 1 nitrogen and oxygen atoms in total. The van der Waals surface area contributed by atoms with Crippen LogP contribution < -0.4 is 0 Å². The van der Waals surface area contributed by atoms with E-state index in [1.54, 1.807) is 12.1 Å². The van der Waals surface area contributed by atoms with Crippen LogP contribution in [-0.4, -0.2) is 5.11 Å². The van der Waals surface area contributed by atoms with E-state index in [9.17, 15) is 0 Å². The van der Waals surface area contributed by atoms with Gasteiger partial charge in [0.25, 0.3) is 0 Å². The molecule has 1 aromatic rings. The molecule has 0 heterocycles. The minimum atomic E-state index is 0.356. The van der Waals surface area contributed by atoms with E-state index < -0.39 is 0 Å². The van der Waals surface area contributed by atoms with E-state index in [1.807, 2.05) is 12.1 Å². The number of phenols is 1. The van der Waals surface area contributed by atoms with Gasteiger partial charge in [-0.1, -0.05) is 39.3 Å². The van der Waals surface area contributed by atoms with Crippen molar-refractivity contribution in [2.45, 2.75) is 33.6 Å². The zero-order valence-electron chi connectivity index (χ0n) is 8.17. The van der Waals surface area contributed by atoms with E-state index in [-0.39, 0.29) is 0 Å². The van der Waals surface area contributed by atoms with Crippen LogP contribution in [0.5, 0.6) is 5.75 Å². The first-order valence-corrected chi connectivity index (χ1v) is 4.52. The van der Waals surface area contributed by atoms with Gasteiger partial charge in [-0.15, -0.1) is 0 Å². The molecule has 0 bridgehead atoms. The fourth-order valence-corrected chi connectivity index (χ4v) is 0.776. The van der Waals surface area contributed by atoms with Gasteiger partial charge in [-0.3, -0.25) is 0 Å². The number of phenolic OH excluding ortho intramolecular Hbond substituents is 1. The molecule has 0 aliphatic heterocycles. The molecule has 0 aromatic heterocycles. The van der Waals surface area contributed by atoms with Crippen LogP contribution in [0.4, 0.5) is 0 Å². The van der Waals surface area contributed by atoms with Crippen molar-refractivity contribution in [1.82, 2.24) is 0 Å². The largest absolute Gasteiger partial charge is 0.508 e. The van der Waals surface area contributed by atoms with Crippen molar-refractivity contribution in [3.05, 3.63) is 29.8 Å². The molecule has 0 atom stereocenters. The standard InChI is InChI=1S/C8H10O.C3H8/c1-2-7-4-3-5-8(9)6-7;1-3-2/h3-6,9H,2H2,1H3;3H2,1-2H3. The van der Waals surface area contributed by atoms with Crippen molar-refractivity contribution in [3.63, 3.8) is 0 Å². The maximum absolute atomic E-state index is 8.94. The van der Waals surface area contributed by atoms with Crippen LogP contribution in [0.25, 0.3) is 0 Å². The number of aromatic hydroxyl groups is 1. The number of benzene rings is 1. The third-order valence-electron chi connectivity index (χ3n) is 1.32. The second-order valence-corrected chi connectivity index (χ2v) is 2.73. The molecule has 0 unspecified atom stereocenters. The zero-order valence-corrected chi connectivity index (χ0v) is 8.17. The Labute approximate surface area is 75.1 Å². The summed E-state index contributed by atoms with van der Waals surface area (Å²) in [6.45, 7) is 6.31. The molecule has 0 aliphatic rings. The van der Waals surface area contributed by atoms with E-state index in [4.69, 9.17) is 5.11 Å². The summed E-state index contributed by atoms with van der Waals surface area (Å²) in [6, 6.07) is 7.31. The molecule has 68 valence electrons. The summed E-state index contributed by atoms with van der Waals surface area (Å²) < 4.78 is 0. The lowest BCUT2D eigenvalue weighted by Crippen LogP contribution is -1.75. The van der Waals surface area contributed by atoms with Gasteiger partial charge in [0.05, 0.1) is 0 Å². The van der Waals surface area contributed by atoms with Gasteiger partial charge in [-0.25, -0.2) is 0 Å². The van der Waals surface area contributed by atoms with Crippen LogP contribution >= 0.6 is 0 Å². The van der Waals surface area contributed by atoms with Gasteiger partial charge >= 0.3 is 0 Å². The molecular formula is C11H18O. The third-order valence-corrected chi connectivity index (χ3v) is 1.32. The summed E-state index contributed by atoms with van der Waals surface area (Å²) in [4.78, 5) is 0. The molecule has 0 saturated heterocycles. The monoisotopic (exact) mass is 166 g/mol. The van der Waals surface area contributed by atoms with Crippen molar-refractivity contribution in [3.8, 4) is 5.75 Å². The van der Waals surface area contributed by atoms with Crippen LogP contribution in [0.15, 0.2) is 24.3 Å². The maximum Gasteiger partial charge on any atom is 0.115 e. The van der Waals surface area contributed by atoms with E-state index >= 15 is 0 Å². The maximum atomic E-state index is 8.94. The SMILES string of the molecule is CCC.CCc1cccc(O)c1. The van der Waals surface area contributed by atoms with Crippen molar-refractivity contribution in [2.24, 2.45) is 0 Å². The minimum absolute atomic E-state index is 0.356. The first-order valence-electron chi connectivity index (χ1n) is 4.52. The number of hydrogen-bond donors (Lipinski definition) is 1. The van der Waals surface area contributed by atoms with E-state index in [1.165, 1.54) is 12.0 Å². The number of hydrogen-bond acceptors (Lipinski definition) is 1. The van der Waals surface area contributed by atoms with Gasteiger partial charge in [-0.05, 0) is 24.1 Å². The van der Waals surface area contributed by atoms with Gasteiger partial charge in [0.15, 0.2) is 0 Å². The molecule has 0 saturated carbocycles. The fourth-order valence-electron chi connectivity index (χ4n) is 0.776. The molecule has 1 rings (SSSR count). The highest BCUT2D eigenvalue weighted by Gasteiger charge is 1.87. The molecule has 0 amide bonds. The Balaban J connectivity index is 0.000000354. The highest BCUT2D eigenvalue weighted by molar-refractivity contribution is 5.26. The highest BCUT2D eigenvalue weighted by atomic mass is 16.3. The van der Waals surface area contributed by atoms with Crippen LogP contribution in [0, 0.1) is 0 Å². The van der Waals surface area contributed by atoms with Gasteiger partial charge < -0.3 is 5.11 Å². The molecule has 1 heteroatoms. The molecule has 1 aromatic carbocycles. The van der Waals surface area contributed by atoms with Crippen molar-refractivity contribution in [2.75, 3.05) is 0 Å². The van der Waals surface area contributed by atoms with Crippen LogP contribution in [0.1, 0.15) is 32.8 Å². The molecule has 0 aliphatic carbocycles. The van der Waals surface area contributed by atoms with Crippen LogP contribution in [0.3, 0.4) is 0 Å². The normalized spacial score (nSPS) is 8.58. The average Bonchev–Trinajstić information content (AvgIpc) is 2.06. The highest BCUT2D eigenvalue weighted by Crippen LogP contribution is 2.10. The third kappa shape index (κ3) is 4.78. The first-order chi connectivity index (χ1) is 5.74. The Kier molecular flexibility index (Phi) is 6.16. The fraction of sp³-hybridized carbons (Fsp3) is 0.455. The molecular weight excluding hydrogens is 148 g/mol. The summed E-state index contributed by atoms with van der Waals surface area (Å²) in [5, 5.41) is 8.94. The Bertz CT molecular complexity index is 206. The molecule has 0 fully saturated rings. The van der Waals surface area contributed by atoms with E-state index in [0.29, 0.717) is 5.75 Å². The summed E-state index contributed by atoms with van der Waals surface area (Å²) in [7, 11) is 0. The van der Waals surface area contributed by atoms with Gasteiger partial charge in [0.2, 0.25) is 0 Å². The van der Waals surface area contributed by atoms with Gasteiger partial charge in [0, 0.05) is 0 Å². The lowest BCUT2D eigenvalue weighted by Gasteiger charge is -1.94. The summed E-state index contributed by atoms with van der Waals surface area (Å²) in [5.74, 6) is 0.356. The number of rotatable bonds is 1. The topological polar surface area (TPSA) is 20.2 Å². The van der Waals surface area contributed by atoms with E-state index in [2.05, 4.69) is 20.8 Å². The van der Waals surface area contributed by atoms with Gasteiger partial charge in [-0.2, -0.15) is 0 Å². The van der Waals surface area contributed by atoms with Crippen molar-refractivity contribution in [1.29, 1.82) is 0 Å². The smallest absolute Gasteiger partial charge is 0.115 e. The van der Waals surface area contributed by atoms with Crippen molar-refractivity contribution >= 4 is 0 Å². The molecule has 1 N–H and O–H groups in total. The summed E-state index contributed by atoms with van der Waals surface area (Å²) in [5.41, 5.74) is 1.18. The second kappa shape index (κ2) is 6.71. The summed E-state index contributed by atoms with van der Waals surface area (Å²) >= 11 is 0. The Morgan fingerprint density at radius 3 is 2.08 bits per heavy atom. The molecule has 12 heavy (non-hydrogen) atoms. The minimum Gasteiger partial charge on any atom is -0.508 e. The van der Waals surface area contributed by atoms with Crippen molar-refractivity contribution < 1.29 is 5.11 Å². The zero-order chi connectivity index (χ0) is 9.40. The lowest BCUT2D eigenvalue weighted by molar-refractivity contribution is 0.474. The van der Waals surface area contributed by atoms with Crippen LogP contribution in [-0.2, 0) is 6.42 Å². The Hall–Kier alpha value is -0.980.